The molecule has 1 unspecified atom stereocenters. The molecule has 2 rings (SSSR count). The van der Waals surface area contributed by atoms with Crippen LogP contribution < -0.4 is 10.6 Å². The van der Waals surface area contributed by atoms with Gasteiger partial charge >= 0.3 is 0 Å². The quantitative estimate of drug-likeness (QED) is 0.817. The Balaban J connectivity index is 1.57. The van der Waals surface area contributed by atoms with Crippen LogP contribution in [-0.2, 0) is 6.54 Å². The maximum Gasteiger partial charge on any atom is 0.0300 e. The highest BCUT2D eigenvalue weighted by molar-refractivity contribution is 9.10. The third kappa shape index (κ3) is 4.17. The van der Waals surface area contributed by atoms with E-state index in [9.17, 15) is 0 Å². The molecule has 16 heavy (non-hydrogen) atoms. The van der Waals surface area contributed by atoms with Crippen molar-refractivity contribution in [2.75, 3.05) is 19.6 Å². The van der Waals surface area contributed by atoms with Gasteiger partial charge in [0.25, 0.3) is 0 Å². The Bertz CT molecular complexity index is 308. The van der Waals surface area contributed by atoms with Crippen LogP contribution in [0.4, 0.5) is 0 Å². The molecule has 90 valence electrons. The average Bonchev–Trinajstić information content (AvgIpc) is 2.72. The van der Waals surface area contributed by atoms with Gasteiger partial charge in [-0.2, -0.15) is 0 Å². The Hall–Kier alpha value is 0.1000. The molecule has 0 aliphatic carbocycles. The number of thiophene rings is 1. The lowest BCUT2D eigenvalue weighted by atomic mass is 9.96. The second-order valence-corrected chi connectivity index (χ2v) is 6.32. The van der Waals surface area contributed by atoms with Crippen LogP contribution in [0.5, 0.6) is 0 Å². The molecular formula is C12H19BrN2S. The van der Waals surface area contributed by atoms with Crippen molar-refractivity contribution >= 4 is 27.3 Å². The van der Waals surface area contributed by atoms with Gasteiger partial charge in [0.15, 0.2) is 0 Å². The molecule has 0 saturated carbocycles. The number of piperidine rings is 1. The van der Waals surface area contributed by atoms with E-state index >= 15 is 0 Å². The number of hydrogen-bond acceptors (Lipinski definition) is 3. The van der Waals surface area contributed by atoms with Crippen molar-refractivity contribution in [3.05, 3.63) is 20.8 Å². The zero-order valence-electron chi connectivity index (χ0n) is 9.47. The maximum atomic E-state index is 3.52. The molecule has 1 aromatic rings. The summed E-state index contributed by atoms with van der Waals surface area (Å²) in [4.78, 5) is 1.41. The highest BCUT2D eigenvalue weighted by Crippen LogP contribution is 2.19. The summed E-state index contributed by atoms with van der Waals surface area (Å²) >= 11 is 5.29. The second kappa shape index (κ2) is 6.74. The first-order chi connectivity index (χ1) is 7.84. The monoisotopic (exact) mass is 302 g/mol. The molecule has 1 aromatic heterocycles. The van der Waals surface area contributed by atoms with Crippen LogP contribution in [0.2, 0.25) is 0 Å². The third-order valence-electron chi connectivity index (χ3n) is 3.05. The lowest BCUT2D eigenvalue weighted by Crippen LogP contribution is -2.31. The van der Waals surface area contributed by atoms with Crippen LogP contribution in [0, 0.1) is 5.92 Å². The normalized spacial score (nSPS) is 21.2. The fraction of sp³-hybridized carbons (Fsp3) is 0.667. The van der Waals surface area contributed by atoms with Crippen molar-refractivity contribution in [1.82, 2.24) is 10.6 Å². The van der Waals surface area contributed by atoms with Crippen LogP contribution in [0.3, 0.4) is 0 Å². The van der Waals surface area contributed by atoms with Gasteiger partial charge in [0, 0.05) is 21.3 Å². The van der Waals surface area contributed by atoms with E-state index in [1.807, 2.05) is 11.3 Å². The summed E-state index contributed by atoms with van der Waals surface area (Å²) in [5.41, 5.74) is 0. The number of halogens is 1. The van der Waals surface area contributed by atoms with Gasteiger partial charge < -0.3 is 10.6 Å². The van der Waals surface area contributed by atoms with Crippen LogP contribution in [-0.4, -0.2) is 19.6 Å². The highest BCUT2D eigenvalue weighted by Gasteiger charge is 2.11. The lowest BCUT2D eigenvalue weighted by molar-refractivity contribution is 0.352. The van der Waals surface area contributed by atoms with Gasteiger partial charge in [-0.05, 0) is 66.8 Å². The first-order valence-corrected chi connectivity index (χ1v) is 7.66. The van der Waals surface area contributed by atoms with Crippen molar-refractivity contribution in [2.24, 2.45) is 5.92 Å². The van der Waals surface area contributed by atoms with Gasteiger partial charge in [-0.25, -0.2) is 0 Å². The minimum absolute atomic E-state index is 0.885. The first-order valence-electron chi connectivity index (χ1n) is 5.99. The molecule has 2 heterocycles. The van der Waals surface area contributed by atoms with Crippen LogP contribution in [0.1, 0.15) is 24.1 Å². The molecule has 1 atom stereocenters. The van der Waals surface area contributed by atoms with Crippen LogP contribution >= 0.6 is 27.3 Å². The van der Waals surface area contributed by atoms with E-state index in [0.29, 0.717) is 0 Å². The van der Waals surface area contributed by atoms with E-state index in [4.69, 9.17) is 0 Å². The molecule has 2 N–H and O–H groups in total. The van der Waals surface area contributed by atoms with Crippen LogP contribution in [0.25, 0.3) is 0 Å². The Morgan fingerprint density at radius 2 is 2.50 bits per heavy atom. The molecule has 0 amide bonds. The first kappa shape index (κ1) is 12.6. The van der Waals surface area contributed by atoms with E-state index in [1.54, 1.807) is 0 Å². The summed E-state index contributed by atoms with van der Waals surface area (Å²) in [5.74, 6) is 0.885. The van der Waals surface area contributed by atoms with Crippen molar-refractivity contribution in [3.63, 3.8) is 0 Å². The van der Waals surface area contributed by atoms with E-state index in [-0.39, 0.29) is 0 Å². The number of nitrogens with one attached hydrogen (secondary N) is 2. The predicted molar refractivity (Wildman–Crippen MR) is 73.9 cm³/mol. The minimum atomic E-state index is 0.885. The second-order valence-electron chi connectivity index (χ2n) is 4.41. The summed E-state index contributed by atoms with van der Waals surface area (Å²) in [6.07, 6.45) is 4.06. The molecule has 1 aliphatic rings. The molecular weight excluding hydrogens is 284 g/mol. The molecule has 0 radical (unpaired) electrons. The summed E-state index contributed by atoms with van der Waals surface area (Å²) in [6, 6.07) is 2.19. The van der Waals surface area contributed by atoms with Gasteiger partial charge in [0.1, 0.15) is 0 Å². The fourth-order valence-electron chi connectivity index (χ4n) is 2.13. The average molecular weight is 303 g/mol. The van der Waals surface area contributed by atoms with E-state index in [2.05, 4.69) is 38.0 Å². The van der Waals surface area contributed by atoms with Gasteiger partial charge in [-0.15, -0.1) is 11.3 Å². The topological polar surface area (TPSA) is 24.1 Å². The largest absolute Gasteiger partial charge is 0.316 e. The summed E-state index contributed by atoms with van der Waals surface area (Å²) < 4.78 is 1.20. The van der Waals surface area contributed by atoms with Gasteiger partial charge in [-0.1, -0.05) is 0 Å². The Morgan fingerprint density at radius 1 is 1.56 bits per heavy atom. The van der Waals surface area contributed by atoms with Crippen molar-refractivity contribution in [1.29, 1.82) is 0 Å². The molecule has 2 nitrogen and oxygen atoms in total. The third-order valence-corrected chi connectivity index (χ3v) is 4.75. The molecule has 1 aliphatic heterocycles. The van der Waals surface area contributed by atoms with Crippen molar-refractivity contribution in [3.8, 4) is 0 Å². The number of rotatable bonds is 5. The standard InChI is InChI=1S/C12H19BrN2S/c13-11-6-12(16-9-11)8-15-5-3-10-2-1-4-14-7-10/h6,9-10,14-15H,1-5,7-8H2. The van der Waals surface area contributed by atoms with Gasteiger partial charge in [0.2, 0.25) is 0 Å². The highest BCUT2D eigenvalue weighted by atomic mass is 79.9. The SMILES string of the molecule is Brc1csc(CNCCC2CCCNC2)c1. The van der Waals surface area contributed by atoms with Crippen molar-refractivity contribution in [2.45, 2.75) is 25.8 Å². The van der Waals surface area contributed by atoms with Gasteiger partial charge in [0.05, 0.1) is 0 Å². The predicted octanol–water partition coefficient (Wildman–Crippen LogP) is 2.99. The molecule has 1 saturated heterocycles. The Morgan fingerprint density at radius 3 is 3.19 bits per heavy atom. The lowest BCUT2D eigenvalue weighted by Gasteiger charge is -2.22. The minimum Gasteiger partial charge on any atom is -0.316 e. The van der Waals surface area contributed by atoms with E-state index in [1.165, 1.54) is 41.7 Å². The molecule has 0 aromatic carbocycles. The van der Waals surface area contributed by atoms with E-state index in [0.717, 1.165) is 19.0 Å². The van der Waals surface area contributed by atoms with Crippen LogP contribution in [0.15, 0.2) is 15.9 Å². The zero-order chi connectivity index (χ0) is 11.2. The zero-order valence-corrected chi connectivity index (χ0v) is 11.9. The molecule has 0 bridgehead atoms. The summed E-state index contributed by atoms with van der Waals surface area (Å²) in [7, 11) is 0. The Labute approximate surface area is 110 Å². The summed E-state index contributed by atoms with van der Waals surface area (Å²) in [5, 5.41) is 9.13. The summed E-state index contributed by atoms with van der Waals surface area (Å²) in [6.45, 7) is 4.58. The number of hydrogen-bond donors (Lipinski definition) is 2. The van der Waals surface area contributed by atoms with Crippen molar-refractivity contribution < 1.29 is 0 Å². The molecule has 0 spiro atoms. The smallest absolute Gasteiger partial charge is 0.0300 e. The van der Waals surface area contributed by atoms with Gasteiger partial charge in [-0.3, -0.25) is 0 Å². The molecule has 1 fully saturated rings. The fourth-order valence-corrected chi connectivity index (χ4v) is 3.56. The van der Waals surface area contributed by atoms with E-state index < -0.39 is 0 Å². The molecule has 4 heteroatoms. The Kier molecular flexibility index (Phi) is 5.29. The maximum absolute atomic E-state index is 3.52.